The maximum atomic E-state index is 12.5. The summed E-state index contributed by atoms with van der Waals surface area (Å²) in [6, 6.07) is 1.88. The van der Waals surface area contributed by atoms with Gasteiger partial charge in [-0.1, -0.05) is 13.3 Å². The molecule has 0 unspecified atom stereocenters. The molecule has 3 N–H and O–H groups in total. The second kappa shape index (κ2) is 9.54. The molecule has 0 spiro atoms. The molecule has 0 saturated carbocycles. The summed E-state index contributed by atoms with van der Waals surface area (Å²) in [5, 5.41) is 3.26. The summed E-state index contributed by atoms with van der Waals surface area (Å²) < 4.78 is 5.24. The van der Waals surface area contributed by atoms with Crippen LogP contribution in [0.1, 0.15) is 19.8 Å². The lowest BCUT2D eigenvalue weighted by atomic mass is 10.2. The van der Waals surface area contributed by atoms with Gasteiger partial charge in [0.2, 0.25) is 5.95 Å². The Kier molecular flexibility index (Phi) is 6.85. The lowest BCUT2D eigenvalue weighted by molar-refractivity contribution is -0.154. The van der Waals surface area contributed by atoms with Gasteiger partial charge in [-0.3, -0.25) is 9.59 Å². The minimum atomic E-state index is -0.439. The highest BCUT2D eigenvalue weighted by Crippen LogP contribution is 2.19. The van der Waals surface area contributed by atoms with Gasteiger partial charge in [-0.05, 0) is 6.42 Å². The molecule has 0 radical (unpaired) electrons. The average molecular weight is 391 g/mol. The number of morpholine rings is 1. The minimum absolute atomic E-state index is 0.220. The molecule has 1 aromatic rings. The Morgan fingerprint density at radius 3 is 2.36 bits per heavy atom. The molecule has 0 atom stereocenters. The van der Waals surface area contributed by atoms with E-state index in [0.717, 1.165) is 25.2 Å². The summed E-state index contributed by atoms with van der Waals surface area (Å²) in [5.41, 5.74) is 5.85. The van der Waals surface area contributed by atoms with Crippen LogP contribution in [0.3, 0.4) is 0 Å². The van der Waals surface area contributed by atoms with Crippen LogP contribution in [0.2, 0.25) is 0 Å². The number of ether oxygens (including phenoxy) is 1. The van der Waals surface area contributed by atoms with Crippen LogP contribution in [-0.2, 0) is 14.3 Å². The zero-order valence-corrected chi connectivity index (χ0v) is 16.4. The molecule has 10 heteroatoms. The minimum Gasteiger partial charge on any atom is -0.378 e. The summed E-state index contributed by atoms with van der Waals surface area (Å²) in [6.07, 6.45) is 2.15. The first-order valence-corrected chi connectivity index (χ1v) is 9.87. The predicted molar refractivity (Wildman–Crippen MR) is 106 cm³/mol. The number of rotatable bonds is 5. The van der Waals surface area contributed by atoms with E-state index in [1.807, 2.05) is 6.07 Å². The highest BCUT2D eigenvalue weighted by Gasteiger charge is 2.30. The largest absolute Gasteiger partial charge is 0.378 e. The fourth-order valence-corrected chi connectivity index (χ4v) is 3.27. The first-order chi connectivity index (χ1) is 13.6. The molecule has 2 amide bonds. The van der Waals surface area contributed by atoms with Crippen LogP contribution in [0.15, 0.2) is 6.07 Å². The normalized spacial score (nSPS) is 17.5. The molecule has 3 rings (SSSR count). The van der Waals surface area contributed by atoms with Gasteiger partial charge < -0.3 is 30.5 Å². The number of nitrogens with one attached hydrogen (secondary N) is 1. The van der Waals surface area contributed by atoms with Crippen LogP contribution in [0.25, 0.3) is 0 Å². The zero-order valence-electron chi connectivity index (χ0n) is 16.4. The van der Waals surface area contributed by atoms with Gasteiger partial charge in [0, 0.05) is 51.9 Å². The molecule has 0 aromatic carbocycles. The summed E-state index contributed by atoms with van der Waals surface area (Å²) >= 11 is 0. The van der Waals surface area contributed by atoms with Crippen LogP contribution < -0.4 is 16.0 Å². The smallest absolute Gasteiger partial charge is 0.312 e. The van der Waals surface area contributed by atoms with Crippen LogP contribution in [-0.4, -0.2) is 90.6 Å². The van der Waals surface area contributed by atoms with Crippen molar-refractivity contribution in [2.24, 2.45) is 0 Å². The van der Waals surface area contributed by atoms with Crippen molar-refractivity contribution in [1.29, 1.82) is 0 Å². The van der Waals surface area contributed by atoms with E-state index in [1.54, 1.807) is 9.80 Å². The number of nitrogens with zero attached hydrogens (tertiary/aromatic N) is 5. The van der Waals surface area contributed by atoms with Gasteiger partial charge in [0.05, 0.1) is 13.2 Å². The Bertz CT molecular complexity index is 686. The third kappa shape index (κ3) is 5.00. The summed E-state index contributed by atoms with van der Waals surface area (Å²) in [4.78, 5) is 38.7. The number of anilines is 3. The Morgan fingerprint density at radius 2 is 1.71 bits per heavy atom. The van der Waals surface area contributed by atoms with Gasteiger partial charge in [-0.2, -0.15) is 9.97 Å². The first-order valence-electron chi connectivity index (χ1n) is 9.87. The van der Waals surface area contributed by atoms with Crippen molar-refractivity contribution in [1.82, 2.24) is 19.8 Å². The van der Waals surface area contributed by atoms with E-state index in [0.29, 0.717) is 58.3 Å². The van der Waals surface area contributed by atoms with Crippen molar-refractivity contribution in [3.05, 3.63) is 6.07 Å². The van der Waals surface area contributed by atoms with E-state index >= 15 is 0 Å². The molecular formula is C18H29N7O3. The molecule has 28 heavy (non-hydrogen) atoms. The summed E-state index contributed by atoms with van der Waals surface area (Å²) in [5.74, 6) is 0.781. The standard InChI is InChI=1S/C18H29N7O3/c1-2-3-4-20-14-13-15(22-18(19)21-14)23-5-7-24(8-6-23)16(26)17(27)25-9-11-28-12-10-25/h13H,2-12H2,1H3,(H3,19,20,21,22). The van der Waals surface area contributed by atoms with E-state index in [9.17, 15) is 9.59 Å². The lowest BCUT2D eigenvalue weighted by Crippen LogP contribution is -2.54. The maximum Gasteiger partial charge on any atom is 0.312 e. The molecule has 2 saturated heterocycles. The summed E-state index contributed by atoms with van der Waals surface area (Å²) in [6.45, 7) is 6.99. The molecule has 154 valence electrons. The fourth-order valence-electron chi connectivity index (χ4n) is 3.27. The Labute approximate surface area is 165 Å². The van der Waals surface area contributed by atoms with Gasteiger partial charge in [-0.15, -0.1) is 0 Å². The summed E-state index contributed by atoms with van der Waals surface area (Å²) in [7, 11) is 0. The number of hydrogen-bond acceptors (Lipinski definition) is 8. The molecule has 0 aliphatic carbocycles. The second-order valence-electron chi connectivity index (χ2n) is 6.93. The zero-order chi connectivity index (χ0) is 19.9. The molecular weight excluding hydrogens is 362 g/mol. The molecule has 2 aliphatic rings. The topological polar surface area (TPSA) is 117 Å². The lowest BCUT2D eigenvalue weighted by Gasteiger charge is -2.36. The van der Waals surface area contributed by atoms with E-state index in [2.05, 4.69) is 27.1 Å². The number of piperazine rings is 1. The molecule has 3 heterocycles. The Balaban J connectivity index is 1.56. The maximum absolute atomic E-state index is 12.5. The van der Waals surface area contributed by atoms with Gasteiger partial charge in [0.1, 0.15) is 11.6 Å². The molecule has 10 nitrogen and oxygen atoms in total. The number of hydrogen-bond donors (Lipinski definition) is 2. The highest BCUT2D eigenvalue weighted by atomic mass is 16.5. The van der Waals surface area contributed by atoms with Crippen molar-refractivity contribution >= 4 is 29.4 Å². The van der Waals surface area contributed by atoms with Crippen molar-refractivity contribution in [2.75, 3.05) is 75.0 Å². The SMILES string of the molecule is CCCCNc1cc(N2CCN(C(=O)C(=O)N3CCOCC3)CC2)nc(N)n1. The first kappa shape index (κ1) is 20.1. The highest BCUT2D eigenvalue weighted by molar-refractivity contribution is 6.34. The third-order valence-electron chi connectivity index (χ3n) is 4.94. The molecule has 0 bridgehead atoms. The second-order valence-corrected chi connectivity index (χ2v) is 6.93. The van der Waals surface area contributed by atoms with Crippen molar-refractivity contribution < 1.29 is 14.3 Å². The van der Waals surface area contributed by atoms with E-state index < -0.39 is 11.8 Å². The fraction of sp³-hybridized carbons (Fsp3) is 0.667. The quantitative estimate of drug-likeness (QED) is 0.523. The Morgan fingerprint density at radius 1 is 1.07 bits per heavy atom. The number of carbonyl (C=O) groups excluding carboxylic acids is 2. The van der Waals surface area contributed by atoms with E-state index in [4.69, 9.17) is 10.5 Å². The molecule has 2 aliphatic heterocycles. The van der Waals surface area contributed by atoms with Gasteiger partial charge in [-0.25, -0.2) is 0 Å². The average Bonchev–Trinajstić information content (AvgIpc) is 2.73. The van der Waals surface area contributed by atoms with Gasteiger partial charge >= 0.3 is 11.8 Å². The van der Waals surface area contributed by atoms with E-state index in [-0.39, 0.29) is 5.95 Å². The van der Waals surface area contributed by atoms with Crippen LogP contribution >= 0.6 is 0 Å². The third-order valence-corrected chi connectivity index (χ3v) is 4.94. The van der Waals surface area contributed by atoms with Gasteiger partial charge in [0.15, 0.2) is 0 Å². The van der Waals surface area contributed by atoms with Crippen molar-refractivity contribution in [3.8, 4) is 0 Å². The predicted octanol–water partition coefficient (Wildman–Crippen LogP) is -0.222. The molecule has 1 aromatic heterocycles. The van der Waals surface area contributed by atoms with Crippen molar-refractivity contribution in [3.63, 3.8) is 0 Å². The number of unbranched alkanes of at least 4 members (excludes halogenated alkanes) is 1. The Hall–Kier alpha value is -2.62. The number of nitrogen functional groups attached to an aromatic ring is 1. The number of aromatic nitrogens is 2. The number of nitrogens with two attached hydrogens (primary N) is 1. The molecule has 2 fully saturated rings. The number of carbonyl (C=O) groups is 2. The van der Waals surface area contributed by atoms with Gasteiger partial charge in [0.25, 0.3) is 0 Å². The van der Waals surface area contributed by atoms with Crippen LogP contribution in [0.4, 0.5) is 17.6 Å². The van der Waals surface area contributed by atoms with E-state index in [1.165, 1.54) is 0 Å². The monoisotopic (exact) mass is 391 g/mol. The van der Waals surface area contributed by atoms with Crippen LogP contribution in [0, 0.1) is 0 Å². The van der Waals surface area contributed by atoms with Crippen molar-refractivity contribution in [2.45, 2.75) is 19.8 Å². The van der Waals surface area contributed by atoms with Crippen LogP contribution in [0.5, 0.6) is 0 Å². The number of amides is 2.